The minimum atomic E-state index is -0.886. The third-order valence-electron chi connectivity index (χ3n) is 2.50. The van der Waals surface area contributed by atoms with Gasteiger partial charge >= 0.3 is 6.09 Å². The molecular formula is C10H10ClNO3. The normalized spacial score (nSPS) is 23.6. The summed E-state index contributed by atoms with van der Waals surface area (Å²) in [5, 5.41) is 10.4. The molecule has 2 rings (SSSR count). The molecule has 1 aliphatic carbocycles. The molecule has 2 atom stereocenters. The summed E-state index contributed by atoms with van der Waals surface area (Å²) in [6, 6.07) is 5.24. The molecule has 5 heteroatoms. The molecular weight excluding hydrogens is 218 g/mol. The number of carbonyl (C=O) groups is 1. The highest BCUT2D eigenvalue weighted by Gasteiger charge is 2.34. The van der Waals surface area contributed by atoms with Gasteiger partial charge < -0.3 is 15.6 Å². The summed E-state index contributed by atoms with van der Waals surface area (Å²) >= 11 is 5.95. The molecule has 0 heterocycles. The molecule has 0 fully saturated rings. The topological polar surface area (TPSA) is 72.6 Å². The lowest BCUT2D eigenvalue weighted by Crippen LogP contribution is -2.25. The van der Waals surface area contributed by atoms with Gasteiger partial charge in [0.1, 0.15) is 12.2 Å². The number of hydrogen-bond acceptors (Lipinski definition) is 3. The Balaban J connectivity index is 2.29. The average molecular weight is 228 g/mol. The molecule has 0 aliphatic heterocycles. The number of amides is 1. The zero-order valence-electron chi connectivity index (χ0n) is 7.81. The first-order valence-electron chi connectivity index (χ1n) is 4.51. The quantitative estimate of drug-likeness (QED) is 0.762. The molecule has 0 aromatic heterocycles. The predicted molar refractivity (Wildman–Crippen MR) is 54.6 cm³/mol. The van der Waals surface area contributed by atoms with E-state index in [0.717, 1.165) is 5.56 Å². The number of primary amides is 1. The fraction of sp³-hybridized carbons (Fsp3) is 0.300. The van der Waals surface area contributed by atoms with Crippen LogP contribution in [0.4, 0.5) is 4.79 Å². The number of carbonyl (C=O) groups excluding carboxylic acids is 1. The first-order valence-corrected chi connectivity index (χ1v) is 4.89. The lowest BCUT2D eigenvalue weighted by atomic mass is 10.1. The Morgan fingerprint density at radius 1 is 1.60 bits per heavy atom. The van der Waals surface area contributed by atoms with Gasteiger partial charge in [-0.1, -0.05) is 23.7 Å². The second kappa shape index (κ2) is 3.72. The third-order valence-corrected chi connectivity index (χ3v) is 2.85. The summed E-state index contributed by atoms with van der Waals surface area (Å²) in [7, 11) is 0. The molecule has 15 heavy (non-hydrogen) atoms. The van der Waals surface area contributed by atoms with Crippen LogP contribution in [0.3, 0.4) is 0 Å². The van der Waals surface area contributed by atoms with Gasteiger partial charge in [-0.2, -0.15) is 0 Å². The van der Waals surface area contributed by atoms with Gasteiger partial charge in [-0.3, -0.25) is 0 Å². The maximum absolute atomic E-state index is 10.6. The highest BCUT2D eigenvalue weighted by molar-refractivity contribution is 6.31. The molecule has 0 bridgehead atoms. The number of ether oxygens (including phenoxy) is 1. The van der Waals surface area contributed by atoms with Crippen LogP contribution >= 0.6 is 11.6 Å². The summed E-state index contributed by atoms with van der Waals surface area (Å²) in [4.78, 5) is 10.6. The number of hydrogen-bond donors (Lipinski definition) is 2. The Morgan fingerprint density at radius 2 is 2.33 bits per heavy atom. The molecule has 0 saturated carbocycles. The van der Waals surface area contributed by atoms with Crippen LogP contribution < -0.4 is 5.73 Å². The second-order valence-corrected chi connectivity index (χ2v) is 3.84. The van der Waals surface area contributed by atoms with Gasteiger partial charge in [0.25, 0.3) is 0 Å². The fourth-order valence-electron chi connectivity index (χ4n) is 1.84. The molecule has 3 N–H and O–H groups in total. The SMILES string of the molecule is NC(=O)O[C@@H]1Cc2c(Cl)cccc2[C@@H]1O. The summed E-state index contributed by atoms with van der Waals surface area (Å²) in [5.41, 5.74) is 6.42. The summed E-state index contributed by atoms with van der Waals surface area (Å²) in [6.45, 7) is 0. The largest absolute Gasteiger partial charge is 0.443 e. The molecule has 1 amide bonds. The van der Waals surface area contributed by atoms with Crippen LogP contribution in [0.15, 0.2) is 18.2 Å². The zero-order valence-corrected chi connectivity index (χ0v) is 8.57. The van der Waals surface area contributed by atoms with E-state index in [-0.39, 0.29) is 0 Å². The van der Waals surface area contributed by atoms with Gasteiger partial charge in [0.05, 0.1) is 0 Å². The number of aliphatic hydroxyl groups excluding tert-OH is 1. The van der Waals surface area contributed by atoms with Gasteiger partial charge in [0.15, 0.2) is 0 Å². The Hall–Kier alpha value is -1.26. The molecule has 0 radical (unpaired) electrons. The average Bonchev–Trinajstić information content (AvgIpc) is 2.46. The standard InChI is InChI=1S/C10H10ClNO3/c11-7-3-1-2-5-6(7)4-8(9(5)13)15-10(12)14/h1-3,8-9,13H,4H2,(H2,12,14)/t8-,9+/m1/s1. The molecule has 0 unspecified atom stereocenters. The zero-order chi connectivity index (χ0) is 11.0. The van der Waals surface area contributed by atoms with E-state index >= 15 is 0 Å². The lowest BCUT2D eigenvalue weighted by Gasteiger charge is -2.13. The van der Waals surface area contributed by atoms with Gasteiger partial charge in [-0.05, 0) is 17.2 Å². The summed E-state index contributed by atoms with van der Waals surface area (Å²) in [6.07, 6.45) is -1.95. The van der Waals surface area contributed by atoms with E-state index in [1.54, 1.807) is 18.2 Å². The van der Waals surface area contributed by atoms with Crippen molar-refractivity contribution in [3.05, 3.63) is 34.3 Å². The summed E-state index contributed by atoms with van der Waals surface area (Å²) in [5.74, 6) is 0. The van der Waals surface area contributed by atoms with Crippen molar-refractivity contribution in [1.82, 2.24) is 0 Å². The molecule has 0 spiro atoms. The van der Waals surface area contributed by atoms with Crippen LogP contribution in [0.2, 0.25) is 5.02 Å². The predicted octanol–water partition coefficient (Wildman–Crippen LogP) is 1.39. The van der Waals surface area contributed by atoms with Crippen molar-refractivity contribution in [2.45, 2.75) is 18.6 Å². The van der Waals surface area contributed by atoms with Crippen LogP contribution in [0.5, 0.6) is 0 Å². The number of fused-ring (bicyclic) bond motifs is 1. The molecule has 0 saturated heterocycles. The van der Waals surface area contributed by atoms with Gasteiger partial charge in [0, 0.05) is 11.4 Å². The lowest BCUT2D eigenvalue weighted by molar-refractivity contribution is 0.0171. The van der Waals surface area contributed by atoms with E-state index in [9.17, 15) is 9.90 Å². The van der Waals surface area contributed by atoms with Gasteiger partial charge in [0.2, 0.25) is 0 Å². The monoisotopic (exact) mass is 227 g/mol. The van der Waals surface area contributed by atoms with Crippen molar-refractivity contribution < 1.29 is 14.6 Å². The first kappa shape index (κ1) is 10.3. The van der Waals surface area contributed by atoms with Crippen molar-refractivity contribution in [2.75, 3.05) is 0 Å². The Labute approximate surface area is 91.6 Å². The van der Waals surface area contributed by atoms with Crippen molar-refractivity contribution in [3.63, 3.8) is 0 Å². The fourth-order valence-corrected chi connectivity index (χ4v) is 2.10. The number of aliphatic hydroxyl groups is 1. The summed E-state index contributed by atoms with van der Waals surface area (Å²) < 4.78 is 4.79. The minimum absolute atomic E-state index is 0.402. The van der Waals surface area contributed by atoms with E-state index in [4.69, 9.17) is 22.1 Å². The highest BCUT2D eigenvalue weighted by atomic mass is 35.5. The maximum Gasteiger partial charge on any atom is 0.404 e. The number of rotatable bonds is 1. The molecule has 80 valence electrons. The molecule has 1 aromatic carbocycles. The van der Waals surface area contributed by atoms with Crippen LogP contribution in [-0.4, -0.2) is 17.3 Å². The van der Waals surface area contributed by atoms with Crippen LogP contribution in [-0.2, 0) is 11.2 Å². The minimum Gasteiger partial charge on any atom is -0.443 e. The van der Waals surface area contributed by atoms with E-state index in [2.05, 4.69) is 0 Å². The van der Waals surface area contributed by atoms with Crippen molar-refractivity contribution >= 4 is 17.7 Å². The van der Waals surface area contributed by atoms with Crippen molar-refractivity contribution in [3.8, 4) is 0 Å². The van der Waals surface area contributed by atoms with E-state index < -0.39 is 18.3 Å². The highest BCUT2D eigenvalue weighted by Crippen LogP contribution is 2.36. The Kier molecular flexibility index (Phi) is 2.54. The molecule has 1 aliphatic rings. The number of nitrogens with two attached hydrogens (primary N) is 1. The van der Waals surface area contributed by atoms with Crippen LogP contribution in [0.1, 0.15) is 17.2 Å². The van der Waals surface area contributed by atoms with E-state index in [0.29, 0.717) is 17.0 Å². The number of halogens is 1. The van der Waals surface area contributed by atoms with Gasteiger partial charge in [-0.25, -0.2) is 4.79 Å². The molecule has 4 nitrogen and oxygen atoms in total. The van der Waals surface area contributed by atoms with Crippen molar-refractivity contribution in [2.24, 2.45) is 5.73 Å². The third kappa shape index (κ3) is 1.78. The maximum atomic E-state index is 10.6. The van der Waals surface area contributed by atoms with Crippen molar-refractivity contribution in [1.29, 1.82) is 0 Å². The van der Waals surface area contributed by atoms with E-state index in [1.807, 2.05) is 0 Å². The number of benzene rings is 1. The second-order valence-electron chi connectivity index (χ2n) is 3.43. The molecule has 1 aromatic rings. The smallest absolute Gasteiger partial charge is 0.404 e. The van der Waals surface area contributed by atoms with Gasteiger partial charge in [-0.15, -0.1) is 0 Å². The van der Waals surface area contributed by atoms with Crippen LogP contribution in [0, 0.1) is 0 Å². The Bertz CT molecular complexity index is 408. The van der Waals surface area contributed by atoms with Crippen LogP contribution in [0.25, 0.3) is 0 Å². The Morgan fingerprint density at radius 3 is 2.93 bits per heavy atom. The first-order chi connectivity index (χ1) is 7.09. The van der Waals surface area contributed by atoms with E-state index in [1.165, 1.54) is 0 Å².